The van der Waals surface area contributed by atoms with Gasteiger partial charge in [0.15, 0.2) is 0 Å². The Labute approximate surface area is 153 Å². The Kier molecular flexibility index (Phi) is 5.90. The number of hydrogen-bond donors (Lipinski definition) is 0. The average Bonchev–Trinajstić information content (AvgIpc) is 2.63. The van der Waals surface area contributed by atoms with Crippen LogP contribution in [0.5, 0.6) is 0 Å². The van der Waals surface area contributed by atoms with Gasteiger partial charge in [-0.15, -0.1) is 0 Å². The van der Waals surface area contributed by atoms with E-state index in [-0.39, 0.29) is 0 Å². The van der Waals surface area contributed by atoms with Gasteiger partial charge < -0.3 is 0 Å². The van der Waals surface area contributed by atoms with Gasteiger partial charge in [0.05, 0.1) is 5.69 Å². The second-order valence-corrected chi connectivity index (χ2v) is 8.19. The molecule has 1 aromatic heterocycles. The molecule has 1 aliphatic rings. The van der Waals surface area contributed by atoms with E-state index in [1.54, 1.807) is 0 Å². The number of pyridine rings is 1. The highest BCUT2D eigenvalue weighted by molar-refractivity contribution is 5.60. The molecule has 1 saturated heterocycles. The molecule has 0 atom stereocenters. The third-order valence-electron chi connectivity index (χ3n) is 5.66. The summed E-state index contributed by atoms with van der Waals surface area (Å²) in [6, 6.07) is 13.2. The molecule has 2 nitrogen and oxygen atoms in total. The summed E-state index contributed by atoms with van der Waals surface area (Å²) in [5.41, 5.74) is 4.99. The van der Waals surface area contributed by atoms with Crippen LogP contribution in [0, 0.1) is 11.8 Å². The predicted octanol–water partition coefficient (Wildman–Crippen LogP) is 5.74. The second-order valence-electron chi connectivity index (χ2n) is 8.19. The standard InChI is InChI=1S/C23H32N2/c1-17(2)20-10-12-25(13-11-20)16-19-8-9-23(24-15-19)22-7-5-6-21(14-22)18(3)4/h5-9,14-15,17-18,20H,10-13,16H2,1-4H3. The topological polar surface area (TPSA) is 16.1 Å². The minimum atomic E-state index is 0.549. The number of piperidine rings is 1. The lowest BCUT2D eigenvalue weighted by molar-refractivity contribution is 0.152. The zero-order valence-electron chi connectivity index (χ0n) is 16.2. The van der Waals surface area contributed by atoms with Crippen molar-refractivity contribution in [3.63, 3.8) is 0 Å². The number of rotatable bonds is 5. The Morgan fingerprint density at radius 3 is 2.40 bits per heavy atom. The van der Waals surface area contributed by atoms with Gasteiger partial charge in [-0.1, -0.05) is 52.0 Å². The van der Waals surface area contributed by atoms with Crippen LogP contribution in [0.25, 0.3) is 11.3 Å². The zero-order chi connectivity index (χ0) is 17.8. The van der Waals surface area contributed by atoms with Gasteiger partial charge in [0.1, 0.15) is 0 Å². The fraction of sp³-hybridized carbons (Fsp3) is 0.522. The van der Waals surface area contributed by atoms with Crippen molar-refractivity contribution in [2.24, 2.45) is 11.8 Å². The van der Waals surface area contributed by atoms with Crippen LogP contribution < -0.4 is 0 Å². The van der Waals surface area contributed by atoms with E-state index in [2.05, 4.69) is 75.2 Å². The summed E-state index contributed by atoms with van der Waals surface area (Å²) in [4.78, 5) is 7.31. The van der Waals surface area contributed by atoms with Crippen LogP contribution in [-0.4, -0.2) is 23.0 Å². The Morgan fingerprint density at radius 2 is 1.80 bits per heavy atom. The number of nitrogens with zero attached hydrogens (tertiary/aromatic N) is 2. The fourth-order valence-electron chi connectivity index (χ4n) is 3.78. The molecule has 2 heteroatoms. The van der Waals surface area contributed by atoms with E-state index >= 15 is 0 Å². The molecule has 0 spiro atoms. The maximum atomic E-state index is 4.73. The second kappa shape index (κ2) is 8.14. The summed E-state index contributed by atoms with van der Waals surface area (Å²) in [6.45, 7) is 12.7. The molecule has 0 N–H and O–H groups in total. The molecule has 1 aliphatic heterocycles. The van der Waals surface area contributed by atoms with Crippen molar-refractivity contribution in [2.45, 2.75) is 53.0 Å². The molecule has 1 aromatic carbocycles. The third kappa shape index (κ3) is 4.70. The third-order valence-corrected chi connectivity index (χ3v) is 5.66. The van der Waals surface area contributed by atoms with Crippen molar-refractivity contribution in [1.29, 1.82) is 0 Å². The summed E-state index contributed by atoms with van der Waals surface area (Å²) in [6.07, 6.45) is 4.74. The minimum Gasteiger partial charge on any atom is -0.299 e. The molecular formula is C23H32N2. The quantitative estimate of drug-likeness (QED) is 0.692. The Balaban J connectivity index is 1.62. The summed E-state index contributed by atoms with van der Waals surface area (Å²) in [5, 5.41) is 0. The number of aromatic nitrogens is 1. The zero-order valence-corrected chi connectivity index (χ0v) is 16.2. The molecule has 2 aromatic rings. The first-order chi connectivity index (χ1) is 12.0. The molecule has 0 aliphatic carbocycles. The van der Waals surface area contributed by atoms with Crippen LogP contribution in [0.4, 0.5) is 0 Å². The van der Waals surface area contributed by atoms with Gasteiger partial charge in [-0.2, -0.15) is 0 Å². The normalized spacial score (nSPS) is 16.7. The van der Waals surface area contributed by atoms with Crippen LogP contribution in [0.15, 0.2) is 42.6 Å². The lowest BCUT2D eigenvalue weighted by Gasteiger charge is -2.33. The monoisotopic (exact) mass is 336 g/mol. The number of hydrogen-bond acceptors (Lipinski definition) is 2. The molecule has 2 heterocycles. The Bertz CT molecular complexity index is 665. The van der Waals surface area contributed by atoms with Gasteiger partial charge in [-0.25, -0.2) is 0 Å². The lowest BCUT2D eigenvalue weighted by atomic mass is 9.86. The van der Waals surface area contributed by atoms with Crippen molar-refractivity contribution >= 4 is 0 Å². The van der Waals surface area contributed by atoms with E-state index < -0.39 is 0 Å². The van der Waals surface area contributed by atoms with E-state index in [1.165, 1.54) is 42.6 Å². The summed E-state index contributed by atoms with van der Waals surface area (Å²) < 4.78 is 0. The Hall–Kier alpha value is -1.67. The van der Waals surface area contributed by atoms with Crippen LogP contribution in [0.2, 0.25) is 0 Å². The molecule has 0 bridgehead atoms. The highest BCUT2D eigenvalue weighted by atomic mass is 15.1. The van der Waals surface area contributed by atoms with E-state index in [0.717, 1.165) is 24.1 Å². The molecule has 0 unspecified atom stereocenters. The summed E-state index contributed by atoms with van der Waals surface area (Å²) in [5.74, 6) is 2.28. The summed E-state index contributed by atoms with van der Waals surface area (Å²) in [7, 11) is 0. The smallest absolute Gasteiger partial charge is 0.0702 e. The van der Waals surface area contributed by atoms with Crippen molar-refractivity contribution in [1.82, 2.24) is 9.88 Å². The maximum Gasteiger partial charge on any atom is 0.0702 e. The maximum absolute atomic E-state index is 4.73. The lowest BCUT2D eigenvalue weighted by Crippen LogP contribution is -2.34. The first-order valence-electron chi connectivity index (χ1n) is 9.80. The van der Waals surface area contributed by atoms with Gasteiger partial charge in [0.25, 0.3) is 0 Å². The van der Waals surface area contributed by atoms with Crippen LogP contribution in [0.1, 0.15) is 57.6 Å². The van der Waals surface area contributed by atoms with Gasteiger partial charge in [-0.05, 0) is 66.9 Å². The number of benzene rings is 1. The first-order valence-corrected chi connectivity index (χ1v) is 9.80. The van der Waals surface area contributed by atoms with Crippen LogP contribution in [0.3, 0.4) is 0 Å². The molecule has 1 fully saturated rings. The van der Waals surface area contributed by atoms with Crippen molar-refractivity contribution in [2.75, 3.05) is 13.1 Å². The van der Waals surface area contributed by atoms with Crippen molar-refractivity contribution in [3.05, 3.63) is 53.7 Å². The largest absolute Gasteiger partial charge is 0.299 e. The van der Waals surface area contributed by atoms with Crippen molar-refractivity contribution < 1.29 is 0 Å². The summed E-state index contributed by atoms with van der Waals surface area (Å²) >= 11 is 0. The Morgan fingerprint density at radius 1 is 1.04 bits per heavy atom. The van der Waals surface area contributed by atoms with Gasteiger partial charge in [0, 0.05) is 18.3 Å². The van der Waals surface area contributed by atoms with E-state index in [0.29, 0.717) is 5.92 Å². The van der Waals surface area contributed by atoms with Gasteiger partial charge in [-0.3, -0.25) is 9.88 Å². The van der Waals surface area contributed by atoms with E-state index in [9.17, 15) is 0 Å². The molecule has 3 rings (SSSR count). The number of likely N-dealkylation sites (tertiary alicyclic amines) is 1. The molecule has 0 saturated carbocycles. The highest BCUT2D eigenvalue weighted by Crippen LogP contribution is 2.26. The average molecular weight is 337 g/mol. The molecule has 0 radical (unpaired) electrons. The van der Waals surface area contributed by atoms with Crippen molar-refractivity contribution in [3.8, 4) is 11.3 Å². The first kappa shape index (κ1) is 18.1. The van der Waals surface area contributed by atoms with Crippen LogP contribution in [-0.2, 0) is 6.54 Å². The van der Waals surface area contributed by atoms with E-state index in [4.69, 9.17) is 4.98 Å². The highest BCUT2D eigenvalue weighted by Gasteiger charge is 2.21. The van der Waals surface area contributed by atoms with Crippen LogP contribution >= 0.6 is 0 Å². The van der Waals surface area contributed by atoms with Gasteiger partial charge >= 0.3 is 0 Å². The fourth-order valence-corrected chi connectivity index (χ4v) is 3.78. The molecule has 25 heavy (non-hydrogen) atoms. The predicted molar refractivity (Wildman–Crippen MR) is 107 cm³/mol. The molecule has 134 valence electrons. The molecule has 0 amide bonds. The van der Waals surface area contributed by atoms with E-state index in [1.807, 2.05) is 0 Å². The molecular weight excluding hydrogens is 304 g/mol. The SMILES string of the molecule is CC(C)c1cccc(-c2ccc(CN3CCC(C(C)C)CC3)cn2)c1. The minimum absolute atomic E-state index is 0.549. The van der Waals surface area contributed by atoms with Gasteiger partial charge in [0.2, 0.25) is 0 Å².